The van der Waals surface area contributed by atoms with Crippen LogP contribution < -0.4 is 5.32 Å². The third kappa shape index (κ3) is 9.78. The lowest BCUT2D eigenvalue weighted by Gasteiger charge is -2.41. The number of nitrogens with one attached hydrogen (secondary N) is 1. The van der Waals surface area contributed by atoms with Crippen LogP contribution in [0.3, 0.4) is 0 Å². The number of amides is 1. The summed E-state index contributed by atoms with van der Waals surface area (Å²) in [5.41, 5.74) is 6.00. The van der Waals surface area contributed by atoms with Gasteiger partial charge in [-0.2, -0.15) is 0 Å². The molecule has 1 spiro atoms. The van der Waals surface area contributed by atoms with Gasteiger partial charge in [0.2, 0.25) is 5.91 Å². The number of carboxylic acid groups (broad SMARTS) is 1. The predicted molar refractivity (Wildman–Crippen MR) is 188 cm³/mol. The monoisotopic (exact) mass is 686 g/mol. The topological polar surface area (TPSA) is 127 Å². The van der Waals surface area contributed by atoms with Gasteiger partial charge in [-0.3, -0.25) is 9.59 Å². The SMILES string of the molecule is O=C(O)CCCCCCC(=O)NCc1ccccc1-c1ccc(C2OC(CN3CCC4(CC3)OCCO4)CC(c3ccc(CO)cc3)O2)cc1. The number of aliphatic hydroxyl groups excluding tert-OH is 1. The Morgan fingerprint density at radius 3 is 2.20 bits per heavy atom. The molecule has 3 saturated heterocycles. The fraction of sp³-hybridized carbons (Fsp3) is 0.500. The molecule has 3 aromatic rings. The smallest absolute Gasteiger partial charge is 0.303 e. The number of rotatable bonds is 15. The minimum absolute atomic E-state index is 0.000599. The van der Waals surface area contributed by atoms with E-state index in [2.05, 4.69) is 40.5 Å². The molecule has 10 nitrogen and oxygen atoms in total. The highest BCUT2D eigenvalue weighted by atomic mass is 16.7. The molecular weight excluding hydrogens is 636 g/mol. The molecule has 268 valence electrons. The van der Waals surface area contributed by atoms with Crippen LogP contribution in [0.5, 0.6) is 0 Å². The summed E-state index contributed by atoms with van der Waals surface area (Å²) in [6.07, 6.45) is 5.38. The zero-order valence-electron chi connectivity index (χ0n) is 28.8. The summed E-state index contributed by atoms with van der Waals surface area (Å²) >= 11 is 0. The lowest BCUT2D eigenvalue weighted by molar-refractivity contribution is -0.255. The van der Waals surface area contributed by atoms with Crippen LogP contribution in [0.4, 0.5) is 0 Å². The molecule has 50 heavy (non-hydrogen) atoms. The molecule has 3 N–H and O–H groups in total. The van der Waals surface area contributed by atoms with Crippen molar-refractivity contribution < 1.29 is 38.7 Å². The molecule has 3 aliphatic rings. The number of benzene rings is 3. The lowest BCUT2D eigenvalue weighted by Crippen LogP contribution is -2.48. The van der Waals surface area contributed by atoms with Crippen LogP contribution in [0.25, 0.3) is 11.1 Å². The molecular formula is C40H50N2O8. The number of hydrogen-bond acceptors (Lipinski definition) is 8. The number of carboxylic acids is 1. The molecule has 3 unspecified atom stereocenters. The summed E-state index contributed by atoms with van der Waals surface area (Å²) in [6.45, 7) is 4.35. The number of ether oxygens (including phenoxy) is 4. The largest absolute Gasteiger partial charge is 0.481 e. The number of aliphatic hydroxyl groups is 1. The number of nitrogens with zero attached hydrogens (tertiary/aromatic N) is 1. The van der Waals surface area contributed by atoms with Gasteiger partial charge in [0.05, 0.1) is 32.0 Å². The Morgan fingerprint density at radius 1 is 0.820 bits per heavy atom. The van der Waals surface area contributed by atoms with E-state index in [0.29, 0.717) is 32.6 Å². The molecule has 1 amide bonds. The number of likely N-dealkylation sites (tertiary alicyclic amines) is 1. The standard InChI is InChI=1S/C40H50N2O8/c43-28-29-11-13-31(14-12-29)36-25-34(27-42-21-19-40(20-22-42)47-23-24-48-40)49-39(50-36)32-17-15-30(16-18-32)35-8-6-5-7-33(35)26-41-37(44)9-3-1-2-4-10-38(45)46/h5-8,11-18,34,36,39,43H,1-4,9-10,19-28H2,(H,41,44)(H,45,46). The van der Waals surface area contributed by atoms with Gasteiger partial charge in [-0.05, 0) is 40.7 Å². The maximum atomic E-state index is 12.5. The summed E-state index contributed by atoms with van der Waals surface area (Å²) < 4.78 is 25.1. The average Bonchev–Trinajstić information content (AvgIpc) is 3.61. The molecule has 10 heteroatoms. The Balaban J connectivity index is 1.09. The van der Waals surface area contributed by atoms with Crippen LogP contribution in [-0.4, -0.2) is 71.7 Å². The van der Waals surface area contributed by atoms with Crippen LogP contribution in [0.15, 0.2) is 72.8 Å². The van der Waals surface area contributed by atoms with Gasteiger partial charge in [0.1, 0.15) is 0 Å². The van der Waals surface area contributed by atoms with Crippen LogP contribution in [0.1, 0.15) is 92.4 Å². The minimum Gasteiger partial charge on any atom is -0.481 e. The molecule has 3 aromatic carbocycles. The van der Waals surface area contributed by atoms with Crippen molar-refractivity contribution in [3.05, 3.63) is 95.1 Å². The molecule has 3 aliphatic heterocycles. The van der Waals surface area contributed by atoms with Crippen molar-refractivity contribution in [3.63, 3.8) is 0 Å². The first-order chi connectivity index (χ1) is 24.4. The first-order valence-corrected chi connectivity index (χ1v) is 18.1. The molecule has 0 aromatic heterocycles. The second-order valence-electron chi connectivity index (χ2n) is 13.6. The van der Waals surface area contributed by atoms with Crippen LogP contribution in [0.2, 0.25) is 0 Å². The van der Waals surface area contributed by atoms with E-state index < -0.39 is 18.0 Å². The van der Waals surface area contributed by atoms with Crippen LogP contribution in [-0.2, 0) is 41.7 Å². The normalized spacial score (nSPS) is 22.1. The summed E-state index contributed by atoms with van der Waals surface area (Å²) in [6, 6.07) is 24.4. The van der Waals surface area contributed by atoms with E-state index in [1.54, 1.807) is 0 Å². The molecule has 0 saturated carbocycles. The fourth-order valence-electron chi connectivity index (χ4n) is 7.16. The van der Waals surface area contributed by atoms with Crippen molar-refractivity contribution in [1.82, 2.24) is 10.2 Å². The summed E-state index contributed by atoms with van der Waals surface area (Å²) in [4.78, 5) is 25.7. The van der Waals surface area contributed by atoms with Crippen molar-refractivity contribution in [1.29, 1.82) is 0 Å². The Hall–Kier alpha value is -3.64. The molecule has 3 fully saturated rings. The van der Waals surface area contributed by atoms with Crippen LogP contribution in [0, 0.1) is 0 Å². The number of hydrogen-bond donors (Lipinski definition) is 3. The van der Waals surface area contributed by atoms with E-state index in [4.69, 9.17) is 24.1 Å². The van der Waals surface area contributed by atoms with Gasteiger partial charge in [0.25, 0.3) is 0 Å². The third-order valence-corrected chi connectivity index (χ3v) is 10.0. The number of aliphatic carboxylic acids is 1. The van der Waals surface area contributed by atoms with Gasteiger partial charge >= 0.3 is 5.97 Å². The van der Waals surface area contributed by atoms with Gasteiger partial charge < -0.3 is 39.4 Å². The Labute approximate surface area is 294 Å². The molecule has 0 bridgehead atoms. The van der Waals surface area contributed by atoms with E-state index in [1.807, 2.05) is 42.5 Å². The summed E-state index contributed by atoms with van der Waals surface area (Å²) in [5.74, 6) is -1.19. The predicted octanol–water partition coefficient (Wildman–Crippen LogP) is 6.27. The summed E-state index contributed by atoms with van der Waals surface area (Å²) in [7, 11) is 0. The second kappa shape index (κ2) is 17.5. The van der Waals surface area contributed by atoms with Gasteiger partial charge in [0.15, 0.2) is 12.1 Å². The van der Waals surface area contributed by atoms with Crippen molar-refractivity contribution in [3.8, 4) is 11.1 Å². The van der Waals surface area contributed by atoms with Crippen molar-refractivity contribution in [2.24, 2.45) is 0 Å². The van der Waals surface area contributed by atoms with Crippen molar-refractivity contribution >= 4 is 11.9 Å². The Bertz CT molecular complexity index is 1530. The highest BCUT2D eigenvalue weighted by Crippen LogP contribution is 2.40. The average molecular weight is 687 g/mol. The number of piperidine rings is 1. The van der Waals surface area contributed by atoms with Gasteiger partial charge in [-0.1, -0.05) is 85.6 Å². The van der Waals surface area contributed by atoms with E-state index in [-0.39, 0.29) is 31.1 Å². The van der Waals surface area contributed by atoms with Crippen molar-refractivity contribution in [2.75, 3.05) is 32.8 Å². The lowest BCUT2D eigenvalue weighted by atomic mass is 9.97. The number of carbonyl (C=O) groups excluding carboxylic acids is 1. The maximum absolute atomic E-state index is 12.5. The van der Waals surface area contributed by atoms with E-state index in [1.165, 1.54) is 0 Å². The van der Waals surface area contributed by atoms with Gasteiger partial charge in [-0.15, -0.1) is 0 Å². The quantitative estimate of drug-likeness (QED) is 0.159. The molecule has 3 heterocycles. The zero-order chi connectivity index (χ0) is 34.8. The van der Waals surface area contributed by atoms with E-state index in [9.17, 15) is 14.7 Å². The number of unbranched alkanes of at least 4 members (excludes halogenated alkanes) is 3. The van der Waals surface area contributed by atoms with Gasteiger partial charge in [0, 0.05) is 63.8 Å². The molecule has 6 rings (SSSR count). The summed E-state index contributed by atoms with van der Waals surface area (Å²) in [5, 5.41) is 21.4. The van der Waals surface area contributed by atoms with Crippen LogP contribution >= 0.6 is 0 Å². The highest BCUT2D eigenvalue weighted by molar-refractivity contribution is 5.76. The zero-order valence-corrected chi connectivity index (χ0v) is 28.8. The van der Waals surface area contributed by atoms with E-state index in [0.717, 1.165) is 91.5 Å². The Kier molecular flexibility index (Phi) is 12.7. The highest BCUT2D eigenvalue weighted by Gasteiger charge is 2.41. The number of carbonyl (C=O) groups is 2. The maximum Gasteiger partial charge on any atom is 0.303 e. The minimum atomic E-state index is -0.775. The molecule has 0 aliphatic carbocycles. The van der Waals surface area contributed by atoms with E-state index >= 15 is 0 Å². The Morgan fingerprint density at radius 2 is 1.50 bits per heavy atom. The first kappa shape index (κ1) is 36.2. The third-order valence-electron chi connectivity index (χ3n) is 10.0. The molecule has 3 atom stereocenters. The fourth-order valence-corrected chi connectivity index (χ4v) is 7.16. The molecule has 0 radical (unpaired) electrons. The second-order valence-corrected chi connectivity index (χ2v) is 13.6. The van der Waals surface area contributed by atoms with Crippen molar-refractivity contribution in [2.45, 2.75) is 95.2 Å². The first-order valence-electron chi connectivity index (χ1n) is 18.1. The van der Waals surface area contributed by atoms with Gasteiger partial charge in [-0.25, -0.2) is 0 Å².